The standard InChI is InChI=1S/C17H17F2N3O2S/c1-17(9-7-13(8-10-17)25(20,23)24)22-15(11-14(21-22)16(18)19)12-5-3-2-4-6-12/h2-9,11,16H,10H2,1H3,(H2,20,23,24). The summed E-state index contributed by atoms with van der Waals surface area (Å²) >= 11 is 0. The molecule has 0 saturated carbocycles. The summed E-state index contributed by atoms with van der Waals surface area (Å²) in [7, 11) is -3.80. The van der Waals surface area contributed by atoms with Crippen molar-refractivity contribution in [3.63, 3.8) is 0 Å². The molecule has 0 amide bonds. The van der Waals surface area contributed by atoms with E-state index in [2.05, 4.69) is 5.10 Å². The number of primary sulfonamides is 1. The monoisotopic (exact) mass is 365 g/mol. The Kier molecular flexibility index (Phi) is 4.34. The molecule has 0 spiro atoms. The predicted octanol–water partition coefficient (Wildman–Crippen LogP) is 3.34. The van der Waals surface area contributed by atoms with E-state index in [-0.39, 0.29) is 17.0 Å². The summed E-state index contributed by atoms with van der Waals surface area (Å²) < 4.78 is 50.8. The topological polar surface area (TPSA) is 78.0 Å². The van der Waals surface area contributed by atoms with Gasteiger partial charge in [0.2, 0.25) is 10.0 Å². The fourth-order valence-electron chi connectivity index (χ4n) is 2.78. The van der Waals surface area contributed by atoms with Gasteiger partial charge in [0.05, 0.1) is 16.1 Å². The van der Waals surface area contributed by atoms with Gasteiger partial charge in [-0.05, 0) is 31.1 Å². The number of alkyl halides is 2. The summed E-state index contributed by atoms with van der Waals surface area (Å²) in [5.74, 6) is 0. The first-order valence-corrected chi connectivity index (χ1v) is 9.11. The van der Waals surface area contributed by atoms with Gasteiger partial charge in [0.1, 0.15) is 5.69 Å². The molecular weight excluding hydrogens is 348 g/mol. The molecule has 2 aromatic rings. The number of rotatable bonds is 4. The van der Waals surface area contributed by atoms with Gasteiger partial charge in [0.25, 0.3) is 6.43 Å². The zero-order valence-electron chi connectivity index (χ0n) is 13.4. The second kappa shape index (κ2) is 6.20. The zero-order valence-corrected chi connectivity index (χ0v) is 14.2. The molecule has 25 heavy (non-hydrogen) atoms. The second-order valence-corrected chi connectivity index (χ2v) is 7.64. The molecule has 3 rings (SSSR count). The third-order valence-corrected chi connectivity index (χ3v) is 5.12. The average molecular weight is 365 g/mol. The molecule has 2 N–H and O–H groups in total. The molecule has 0 fully saturated rings. The fourth-order valence-corrected chi connectivity index (χ4v) is 3.36. The van der Waals surface area contributed by atoms with Crippen molar-refractivity contribution in [3.8, 4) is 11.3 Å². The van der Waals surface area contributed by atoms with Crippen LogP contribution in [0.15, 0.2) is 59.5 Å². The van der Waals surface area contributed by atoms with E-state index in [1.807, 2.05) is 30.3 Å². The quantitative estimate of drug-likeness (QED) is 0.903. The third-order valence-electron chi connectivity index (χ3n) is 4.16. The third kappa shape index (κ3) is 3.40. The second-order valence-electron chi connectivity index (χ2n) is 6.08. The summed E-state index contributed by atoms with van der Waals surface area (Å²) in [5, 5.41) is 9.21. The number of allylic oxidation sites excluding steroid dienone is 3. The maximum absolute atomic E-state index is 13.2. The van der Waals surface area contributed by atoms with Crippen molar-refractivity contribution in [2.75, 3.05) is 0 Å². The number of aromatic nitrogens is 2. The lowest BCUT2D eigenvalue weighted by Gasteiger charge is -2.30. The maximum Gasteiger partial charge on any atom is 0.282 e. The van der Waals surface area contributed by atoms with Crippen molar-refractivity contribution in [2.45, 2.75) is 25.3 Å². The van der Waals surface area contributed by atoms with Gasteiger partial charge < -0.3 is 0 Å². The molecule has 0 bridgehead atoms. The van der Waals surface area contributed by atoms with Gasteiger partial charge in [-0.25, -0.2) is 22.3 Å². The molecule has 1 unspecified atom stereocenters. The van der Waals surface area contributed by atoms with E-state index in [1.54, 1.807) is 13.0 Å². The maximum atomic E-state index is 13.2. The number of hydrogen-bond donors (Lipinski definition) is 1. The largest absolute Gasteiger partial charge is 0.282 e. The number of benzene rings is 1. The number of nitrogens with zero attached hydrogens (tertiary/aromatic N) is 2. The van der Waals surface area contributed by atoms with Crippen molar-refractivity contribution in [1.29, 1.82) is 0 Å². The minimum absolute atomic E-state index is 0.00692. The van der Waals surface area contributed by atoms with E-state index in [0.29, 0.717) is 5.69 Å². The summed E-state index contributed by atoms with van der Waals surface area (Å²) in [5.41, 5.74) is 0.176. The van der Waals surface area contributed by atoms with E-state index in [1.165, 1.54) is 22.9 Å². The number of nitrogens with two attached hydrogens (primary N) is 1. The van der Waals surface area contributed by atoms with Gasteiger partial charge in [-0.2, -0.15) is 5.10 Å². The zero-order chi connectivity index (χ0) is 18.2. The van der Waals surface area contributed by atoms with Crippen molar-refractivity contribution in [2.24, 2.45) is 5.14 Å². The molecule has 1 aromatic carbocycles. The van der Waals surface area contributed by atoms with Crippen LogP contribution in [-0.2, 0) is 15.6 Å². The average Bonchev–Trinajstić information content (AvgIpc) is 3.02. The SMILES string of the molecule is CC1(n2nc(C(F)F)cc2-c2ccccc2)C=CC(S(N)(=O)=O)=CC1. The van der Waals surface area contributed by atoms with Crippen LogP contribution in [0.2, 0.25) is 0 Å². The van der Waals surface area contributed by atoms with Crippen molar-refractivity contribution < 1.29 is 17.2 Å². The Morgan fingerprint density at radius 3 is 2.48 bits per heavy atom. The Labute approximate surface area is 144 Å². The van der Waals surface area contributed by atoms with Gasteiger partial charge in [0.15, 0.2) is 0 Å². The molecule has 1 aliphatic carbocycles. The highest BCUT2D eigenvalue weighted by molar-refractivity contribution is 7.93. The van der Waals surface area contributed by atoms with Crippen LogP contribution in [0.5, 0.6) is 0 Å². The Bertz CT molecular complexity index is 950. The molecule has 0 radical (unpaired) electrons. The van der Waals surface area contributed by atoms with Crippen LogP contribution in [0, 0.1) is 0 Å². The normalized spacial score (nSPS) is 20.8. The highest BCUT2D eigenvalue weighted by Crippen LogP contribution is 2.35. The van der Waals surface area contributed by atoms with Gasteiger partial charge >= 0.3 is 0 Å². The highest BCUT2D eigenvalue weighted by atomic mass is 32.2. The minimum atomic E-state index is -3.80. The Morgan fingerprint density at radius 2 is 1.96 bits per heavy atom. The Morgan fingerprint density at radius 1 is 1.28 bits per heavy atom. The summed E-state index contributed by atoms with van der Waals surface area (Å²) in [4.78, 5) is 0.00692. The van der Waals surface area contributed by atoms with Crippen molar-refractivity contribution >= 4 is 10.0 Å². The van der Waals surface area contributed by atoms with Gasteiger partial charge in [-0.15, -0.1) is 0 Å². The number of hydrogen-bond acceptors (Lipinski definition) is 3. The first-order chi connectivity index (χ1) is 11.7. The Hall–Kier alpha value is -2.32. The minimum Gasteiger partial charge on any atom is -0.254 e. The molecule has 0 aliphatic heterocycles. The molecule has 1 atom stereocenters. The lowest BCUT2D eigenvalue weighted by Crippen LogP contribution is -2.31. The van der Waals surface area contributed by atoms with Crippen LogP contribution in [0.1, 0.15) is 25.5 Å². The lowest BCUT2D eigenvalue weighted by molar-refractivity contribution is 0.144. The fraction of sp³-hybridized carbons (Fsp3) is 0.235. The van der Waals surface area contributed by atoms with Crippen LogP contribution in [0.4, 0.5) is 8.78 Å². The van der Waals surface area contributed by atoms with Gasteiger partial charge in [-0.1, -0.05) is 42.5 Å². The number of halogens is 2. The Balaban J connectivity index is 2.09. The van der Waals surface area contributed by atoms with Crippen molar-refractivity contribution in [3.05, 3.63) is 65.2 Å². The number of sulfonamides is 1. The van der Waals surface area contributed by atoms with E-state index in [4.69, 9.17) is 5.14 Å². The lowest BCUT2D eigenvalue weighted by atomic mass is 9.93. The van der Waals surface area contributed by atoms with Crippen LogP contribution in [0.25, 0.3) is 11.3 Å². The molecule has 1 aromatic heterocycles. The van der Waals surface area contributed by atoms with Crippen LogP contribution in [0.3, 0.4) is 0 Å². The molecule has 0 saturated heterocycles. The summed E-state index contributed by atoms with van der Waals surface area (Å²) in [6, 6.07) is 10.4. The predicted molar refractivity (Wildman–Crippen MR) is 91.2 cm³/mol. The van der Waals surface area contributed by atoms with Gasteiger partial charge in [-0.3, -0.25) is 4.68 Å². The van der Waals surface area contributed by atoms with Gasteiger partial charge in [0, 0.05) is 0 Å². The van der Waals surface area contributed by atoms with E-state index in [0.717, 1.165) is 5.56 Å². The van der Waals surface area contributed by atoms with Crippen LogP contribution < -0.4 is 5.14 Å². The summed E-state index contributed by atoms with van der Waals surface area (Å²) in [6.45, 7) is 1.80. The molecule has 132 valence electrons. The van der Waals surface area contributed by atoms with Crippen LogP contribution in [-0.4, -0.2) is 18.2 Å². The molecule has 1 aliphatic rings. The molecular formula is C17H17F2N3O2S. The molecule has 1 heterocycles. The first kappa shape index (κ1) is 17.5. The van der Waals surface area contributed by atoms with E-state index >= 15 is 0 Å². The highest BCUT2D eigenvalue weighted by Gasteiger charge is 2.31. The summed E-state index contributed by atoms with van der Waals surface area (Å²) in [6.07, 6.45) is 2.06. The first-order valence-electron chi connectivity index (χ1n) is 7.57. The van der Waals surface area contributed by atoms with Crippen LogP contribution >= 0.6 is 0 Å². The van der Waals surface area contributed by atoms with Crippen molar-refractivity contribution in [1.82, 2.24) is 9.78 Å². The molecule has 5 nitrogen and oxygen atoms in total. The van der Waals surface area contributed by atoms with E-state index in [9.17, 15) is 17.2 Å². The smallest absolute Gasteiger partial charge is 0.254 e. The molecule has 8 heteroatoms. The van der Waals surface area contributed by atoms with E-state index < -0.39 is 22.0 Å².